The van der Waals surface area contributed by atoms with Gasteiger partial charge in [-0.2, -0.15) is 4.52 Å². The first kappa shape index (κ1) is 16.6. The first-order valence-corrected chi connectivity index (χ1v) is 7.93. The van der Waals surface area contributed by atoms with Crippen molar-refractivity contribution < 1.29 is 4.79 Å². The predicted octanol–water partition coefficient (Wildman–Crippen LogP) is 2.54. The van der Waals surface area contributed by atoms with Crippen molar-refractivity contribution in [1.29, 1.82) is 0 Å². The monoisotopic (exact) mass is 339 g/mol. The van der Waals surface area contributed by atoms with Gasteiger partial charge in [-0.05, 0) is 24.6 Å². The van der Waals surface area contributed by atoms with Crippen LogP contribution in [0, 0.1) is 12.8 Å². The van der Waals surface area contributed by atoms with Gasteiger partial charge in [0.2, 0.25) is 5.91 Å². The second kappa shape index (κ2) is 6.31. The van der Waals surface area contributed by atoms with E-state index in [0.717, 1.165) is 16.9 Å². The molecule has 0 fully saturated rings. The average Bonchev–Trinajstić information content (AvgIpc) is 2.92. The zero-order valence-electron chi connectivity index (χ0n) is 14.4. The van der Waals surface area contributed by atoms with Gasteiger partial charge in [-0.3, -0.25) is 4.79 Å². The third kappa shape index (κ3) is 3.32. The number of fused-ring (bicyclic) bond motifs is 1. The lowest BCUT2D eigenvalue weighted by molar-refractivity contribution is -0.118. The van der Waals surface area contributed by atoms with Crippen molar-refractivity contribution in [2.75, 3.05) is 22.1 Å². The molecular weight excluding hydrogens is 318 g/mol. The Morgan fingerprint density at radius 2 is 2.00 bits per heavy atom. The Kier molecular flexibility index (Phi) is 4.18. The van der Waals surface area contributed by atoms with Gasteiger partial charge in [0.1, 0.15) is 5.82 Å². The van der Waals surface area contributed by atoms with Crippen molar-refractivity contribution in [3.63, 3.8) is 0 Å². The Bertz CT molecular complexity index is 946. The summed E-state index contributed by atoms with van der Waals surface area (Å²) in [6.07, 6.45) is 1.51. The maximum absolute atomic E-state index is 11.9. The lowest BCUT2D eigenvalue weighted by Gasteiger charge is -2.13. The van der Waals surface area contributed by atoms with Gasteiger partial charge in [0.25, 0.3) is 0 Å². The van der Waals surface area contributed by atoms with Crippen LogP contribution in [0.1, 0.15) is 19.4 Å². The highest BCUT2D eigenvalue weighted by Crippen LogP contribution is 2.25. The summed E-state index contributed by atoms with van der Waals surface area (Å²) in [5.41, 5.74) is 15.3. The van der Waals surface area contributed by atoms with Gasteiger partial charge in [-0.15, -0.1) is 5.10 Å². The molecule has 2 aromatic heterocycles. The fraction of sp³-hybridized carbons (Fsp3) is 0.235. The maximum atomic E-state index is 11.9. The van der Waals surface area contributed by atoms with Crippen molar-refractivity contribution in [1.82, 2.24) is 14.6 Å². The highest BCUT2D eigenvalue weighted by molar-refractivity contribution is 5.93. The summed E-state index contributed by atoms with van der Waals surface area (Å²) in [6, 6.07) is 7.37. The van der Waals surface area contributed by atoms with Gasteiger partial charge in [0.15, 0.2) is 11.5 Å². The standard InChI is InChI=1S/C17H21N7O/c1-9(2)17(25)22-13-6-11(5-4-10(13)3)21-15-7-12(18)16-20-8-14(19)24(16)23-15/h4-9H,18-19H2,1-3H3,(H,21,23)(H,22,25). The number of carbonyl (C=O) groups excluding carboxylic acids is 1. The van der Waals surface area contributed by atoms with E-state index < -0.39 is 0 Å². The fourth-order valence-corrected chi connectivity index (χ4v) is 2.33. The number of imidazole rings is 1. The highest BCUT2D eigenvalue weighted by atomic mass is 16.1. The van der Waals surface area contributed by atoms with E-state index >= 15 is 0 Å². The molecule has 8 heteroatoms. The lowest BCUT2D eigenvalue weighted by Crippen LogP contribution is -2.18. The van der Waals surface area contributed by atoms with Crippen LogP contribution in [0.2, 0.25) is 0 Å². The second-order valence-corrected chi connectivity index (χ2v) is 6.20. The molecule has 0 saturated heterocycles. The Balaban J connectivity index is 1.90. The van der Waals surface area contributed by atoms with E-state index in [0.29, 0.717) is 23.0 Å². The summed E-state index contributed by atoms with van der Waals surface area (Å²) < 4.78 is 1.48. The molecule has 2 heterocycles. The molecule has 3 aromatic rings. The Hall–Kier alpha value is -3.29. The first-order chi connectivity index (χ1) is 11.8. The van der Waals surface area contributed by atoms with E-state index in [2.05, 4.69) is 20.7 Å². The molecule has 0 bridgehead atoms. The minimum atomic E-state index is -0.0934. The summed E-state index contributed by atoms with van der Waals surface area (Å²) in [5.74, 6) is 0.804. The third-order valence-electron chi connectivity index (χ3n) is 3.81. The number of hydrogen-bond acceptors (Lipinski definition) is 6. The first-order valence-electron chi connectivity index (χ1n) is 7.93. The van der Waals surface area contributed by atoms with Crippen LogP contribution in [-0.4, -0.2) is 20.5 Å². The largest absolute Gasteiger partial charge is 0.396 e. The number of aryl methyl sites for hydroxylation is 1. The van der Waals surface area contributed by atoms with Crippen molar-refractivity contribution in [2.45, 2.75) is 20.8 Å². The van der Waals surface area contributed by atoms with Gasteiger partial charge in [-0.1, -0.05) is 19.9 Å². The van der Waals surface area contributed by atoms with E-state index in [4.69, 9.17) is 11.5 Å². The van der Waals surface area contributed by atoms with Crippen LogP contribution in [0.3, 0.4) is 0 Å². The molecule has 25 heavy (non-hydrogen) atoms. The summed E-state index contributed by atoms with van der Waals surface area (Å²) in [5, 5.41) is 10.5. The molecule has 8 nitrogen and oxygen atoms in total. The molecule has 6 N–H and O–H groups in total. The van der Waals surface area contributed by atoms with Crippen LogP contribution in [0.4, 0.5) is 28.7 Å². The predicted molar refractivity (Wildman–Crippen MR) is 99.7 cm³/mol. The second-order valence-electron chi connectivity index (χ2n) is 6.20. The smallest absolute Gasteiger partial charge is 0.226 e. The van der Waals surface area contributed by atoms with E-state index in [-0.39, 0.29) is 11.8 Å². The molecule has 1 aromatic carbocycles. The molecule has 130 valence electrons. The van der Waals surface area contributed by atoms with E-state index in [1.54, 1.807) is 6.07 Å². The number of amides is 1. The molecule has 0 aliphatic carbocycles. The number of nitrogen functional groups attached to an aromatic ring is 2. The normalized spacial score (nSPS) is 11.0. The summed E-state index contributed by atoms with van der Waals surface area (Å²) in [6.45, 7) is 5.64. The Labute approximate surface area is 145 Å². The zero-order valence-corrected chi connectivity index (χ0v) is 14.4. The minimum absolute atomic E-state index is 0.0322. The van der Waals surface area contributed by atoms with Crippen LogP contribution in [0.15, 0.2) is 30.5 Å². The number of nitrogens with one attached hydrogen (secondary N) is 2. The molecule has 0 aliphatic rings. The quantitative estimate of drug-likeness (QED) is 0.579. The van der Waals surface area contributed by atoms with Gasteiger partial charge in [0.05, 0.1) is 11.9 Å². The van der Waals surface area contributed by atoms with E-state index in [1.807, 2.05) is 39.0 Å². The van der Waals surface area contributed by atoms with Crippen LogP contribution in [-0.2, 0) is 4.79 Å². The van der Waals surface area contributed by atoms with Gasteiger partial charge < -0.3 is 22.1 Å². The third-order valence-corrected chi connectivity index (χ3v) is 3.81. The Morgan fingerprint density at radius 1 is 1.24 bits per heavy atom. The topological polar surface area (TPSA) is 123 Å². The lowest BCUT2D eigenvalue weighted by atomic mass is 10.1. The molecule has 0 atom stereocenters. The molecule has 0 aliphatic heterocycles. The molecule has 0 radical (unpaired) electrons. The average molecular weight is 339 g/mol. The number of nitrogens with two attached hydrogens (primary N) is 2. The summed E-state index contributed by atoms with van der Waals surface area (Å²) >= 11 is 0. The highest BCUT2D eigenvalue weighted by Gasteiger charge is 2.11. The minimum Gasteiger partial charge on any atom is -0.396 e. The Morgan fingerprint density at radius 3 is 2.72 bits per heavy atom. The summed E-state index contributed by atoms with van der Waals surface area (Å²) in [7, 11) is 0. The summed E-state index contributed by atoms with van der Waals surface area (Å²) in [4.78, 5) is 16.1. The molecular formula is C17H21N7O. The van der Waals surface area contributed by atoms with E-state index in [1.165, 1.54) is 10.7 Å². The number of benzene rings is 1. The number of anilines is 5. The van der Waals surface area contributed by atoms with Crippen LogP contribution >= 0.6 is 0 Å². The fourth-order valence-electron chi connectivity index (χ4n) is 2.33. The zero-order chi connectivity index (χ0) is 18.1. The van der Waals surface area contributed by atoms with Crippen molar-refractivity contribution in [3.05, 3.63) is 36.0 Å². The number of aromatic nitrogens is 3. The van der Waals surface area contributed by atoms with Crippen LogP contribution in [0.5, 0.6) is 0 Å². The van der Waals surface area contributed by atoms with Crippen molar-refractivity contribution in [3.8, 4) is 0 Å². The van der Waals surface area contributed by atoms with Gasteiger partial charge in [-0.25, -0.2) is 4.98 Å². The maximum Gasteiger partial charge on any atom is 0.226 e. The number of carbonyl (C=O) groups is 1. The molecule has 0 spiro atoms. The van der Waals surface area contributed by atoms with Gasteiger partial charge in [0, 0.05) is 23.4 Å². The SMILES string of the molecule is Cc1ccc(Nc2cc(N)c3ncc(N)n3n2)cc1NC(=O)C(C)C. The van der Waals surface area contributed by atoms with Crippen LogP contribution < -0.4 is 22.1 Å². The van der Waals surface area contributed by atoms with Crippen LogP contribution in [0.25, 0.3) is 5.65 Å². The van der Waals surface area contributed by atoms with Gasteiger partial charge >= 0.3 is 0 Å². The molecule has 0 unspecified atom stereocenters. The number of rotatable bonds is 4. The molecule has 1 amide bonds. The van der Waals surface area contributed by atoms with E-state index in [9.17, 15) is 4.79 Å². The molecule has 3 rings (SSSR count). The molecule has 0 saturated carbocycles. The number of nitrogens with zero attached hydrogens (tertiary/aromatic N) is 3. The number of hydrogen-bond donors (Lipinski definition) is 4. The van der Waals surface area contributed by atoms with Crippen molar-refractivity contribution in [2.24, 2.45) is 5.92 Å². The van der Waals surface area contributed by atoms with Crippen molar-refractivity contribution >= 4 is 40.3 Å².